The SMILES string of the molecule is NC(=O)c1cccc(C(=O)n2nc(-c3cc(Cl)cn(CC(=O)O)c3=O)cc2NCc2ccc(Cl)s2)c1. The molecule has 0 aliphatic carbocycles. The summed E-state index contributed by atoms with van der Waals surface area (Å²) in [7, 11) is 0. The number of carboxylic acids is 1. The van der Waals surface area contributed by atoms with Crippen molar-refractivity contribution in [1.29, 1.82) is 0 Å². The van der Waals surface area contributed by atoms with Crippen molar-refractivity contribution in [2.75, 3.05) is 5.32 Å². The maximum absolute atomic E-state index is 13.4. The van der Waals surface area contributed by atoms with Gasteiger partial charge in [0.15, 0.2) is 0 Å². The van der Waals surface area contributed by atoms with Crippen molar-refractivity contribution in [3.8, 4) is 11.3 Å². The number of carbonyl (C=O) groups excluding carboxylic acids is 2. The Morgan fingerprint density at radius 1 is 1.08 bits per heavy atom. The quantitative estimate of drug-likeness (QED) is 0.306. The number of thiophene rings is 1. The van der Waals surface area contributed by atoms with Crippen LogP contribution in [0.25, 0.3) is 11.3 Å². The van der Waals surface area contributed by atoms with Crippen molar-refractivity contribution in [2.24, 2.45) is 5.73 Å². The molecular formula is C23H17Cl2N5O5S. The molecule has 10 nitrogen and oxygen atoms in total. The number of primary amides is 1. The molecule has 0 aliphatic heterocycles. The molecule has 4 N–H and O–H groups in total. The maximum Gasteiger partial charge on any atom is 0.323 e. The van der Waals surface area contributed by atoms with Crippen molar-refractivity contribution in [2.45, 2.75) is 13.1 Å². The van der Waals surface area contributed by atoms with Crippen LogP contribution in [0, 0.1) is 0 Å². The third-order valence-electron chi connectivity index (χ3n) is 5.00. The molecule has 184 valence electrons. The molecule has 4 aromatic rings. The smallest absolute Gasteiger partial charge is 0.323 e. The number of aliphatic carboxylic acids is 1. The Labute approximate surface area is 217 Å². The van der Waals surface area contributed by atoms with Gasteiger partial charge in [0.1, 0.15) is 18.1 Å². The number of benzene rings is 1. The molecule has 0 aliphatic rings. The number of carbonyl (C=O) groups is 3. The van der Waals surface area contributed by atoms with Crippen molar-refractivity contribution < 1.29 is 19.5 Å². The second-order valence-electron chi connectivity index (χ2n) is 7.53. The Morgan fingerprint density at radius 3 is 2.50 bits per heavy atom. The first-order valence-corrected chi connectivity index (χ1v) is 11.8. The molecule has 3 heterocycles. The van der Waals surface area contributed by atoms with Crippen LogP contribution in [0.4, 0.5) is 5.82 Å². The molecule has 0 spiro atoms. The van der Waals surface area contributed by atoms with Crippen LogP contribution in [0.3, 0.4) is 0 Å². The van der Waals surface area contributed by atoms with Crippen molar-refractivity contribution in [3.05, 3.63) is 90.4 Å². The number of nitrogens with zero attached hydrogens (tertiary/aromatic N) is 3. The molecule has 0 fully saturated rings. The second kappa shape index (κ2) is 10.4. The molecule has 1 amide bonds. The number of pyridine rings is 1. The van der Waals surface area contributed by atoms with Crippen LogP contribution in [-0.4, -0.2) is 37.2 Å². The Balaban J connectivity index is 1.80. The predicted octanol–water partition coefficient (Wildman–Crippen LogP) is 3.56. The van der Waals surface area contributed by atoms with Gasteiger partial charge in [-0.05, 0) is 36.4 Å². The molecule has 0 atom stereocenters. The van der Waals surface area contributed by atoms with Gasteiger partial charge in [-0.15, -0.1) is 11.3 Å². The molecule has 0 saturated heterocycles. The first kappa shape index (κ1) is 25.2. The second-order valence-corrected chi connectivity index (χ2v) is 9.77. The fourth-order valence-corrected chi connectivity index (χ4v) is 4.65. The van der Waals surface area contributed by atoms with E-state index in [1.807, 2.05) is 6.07 Å². The monoisotopic (exact) mass is 545 g/mol. The fourth-order valence-electron chi connectivity index (χ4n) is 3.39. The number of halogens is 2. The summed E-state index contributed by atoms with van der Waals surface area (Å²) < 4.78 is 2.59. The van der Waals surface area contributed by atoms with Gasteiger partial charge in [0.05, 0.1) is 21.5 Å². The number of rotatable bonds is 8. The average molecular weight is 546 g/mol. The van der Waals surface area contributed by atoms with E-state index in [-0.39, 0.29) is 33.2 Å². The number of hydrogen-bond acceptors (Lipinski definition) is 7. The lowest BCUT2D eigenvalue weighted by Gasteiger charge is -2.08. The van der Waals surface area contributed by atoms with E-state index < -0.39 is 29.9 Å². The van der Waals surface area contributed by atoms with E-state index in [0.29, 0.717) is 10.9 Å². The van der Waals surface area contributed by atoms with Crippen LogP contribution in [0.15, 0.2) is 59.5 Å². The largest absolute Gasteiger partial charge is 0.480 e. The van der Waals surface area contributed by atoms with Gasteiger partial charge in [-0.3, -0.25) is 19.2 Å². The Bertz CT molecular complexity index is 1560. The number of nitrogens with two attached hydrogens (primary N) is 1. The van der Waals surface area contributed by atoms with Gasteiger partial charge in [0.2, 0.25) is 5.91 Å². The van der Waals surface area contributed by atoms with E-state index >= 15 is 0 Å². The standard InChI is InChI=1S/C23H17Cl2N5O5S/c24-14-7-16(23(35)29(10-14)11-20(31)32)17-8-19(27-9-15-4-5-18(25)36-15)30(28-17)22(34)13-3-1-2-12(6-13)21(26)33/h1-8,10,27H,9,11H2,(H2,26,33)(H,31,32). The summed E-state index contributed by atoms with van der Waals surface area (Å²) in [6.45, 7) is -0.299. The third kappa shape index (κ3) is 5.48. The average Bonchev–Trinajstić information content (AvgIpc) is 3.45. The normalized spacial score (nSPS) is 10.8. The van der Waals surface area contributed by atoms with Crippen molar-refractivity contribution >= 4 is 58.1 Å². The zero-order chi connectivity index (χ0) is 26.0. The highest BCUT2D eigenvalue weighted by Gasteiger charge is 2.21. The van der Waals surface area contributed by atoms with Crippen molar-refractivity contribution in [3.63, 3.8) is 0 Å². The molecule has 0 radical (unpaired) electrons. The lowest BCUT2D eigenvalue weighted by Crippen LogP contribution is -2.25. The minimum absolute atomic E-state index is 0.00315. The topological polar surface area (TPSA) is 149 Å². The number of aromatic nitrogens is 3. The molecule has 0 unspecified atom stereocenters. The molecule has 1 aromatic carbocycles. The summed E-state index contributed by atoms with van der Waals surface area (Å²) in [4.78, 5) is 49.9. The number of hydrogen-bond donors (Lipinski definition) is 3. The zero-order valence-electron chi connectivity index (χ0n) is 18.3. The van der Waals surface area contributed by atoms with Crippen LogP contribution < -0.4 is 16.6 Å². The van der Waals surface area contributed by atoms with Gasteiger partial charge >= 0.3 is 5.97 Å². The third-order valence-corrected chi connectivity index (χ3v) is 6.44. The zero-order valence-corrected chi connectivity index (χ0v) is 20.6. The number of amides is 1. The molecule has 0 saturated carbocycles. The molecule has 13 heteroatoms. The van der Waals surface area contributed by atoms with E-state index in [4.69, 9.17) is 34.0 Å². The van der Waals surface area contributed by atoms with E-state index in [1.165, 1.54) is 53.9 Å². The van der Waals surface area contributed by atoms with E-state index in [2.05, 4.69) is 10.4 Å². The predicted molar refractivity (Wildman–Crippen MR) is 136 cm³/mol. The van der Waals surface area contributed by atoms with Gasteiger partial charge in [0.25, 0.3) is 11.5 Å². The van der Waals surface area contributed by atoms with Crippen LogP contribution in [0.2, 0.25) is 9.36 Å². The van der Waals surface area contributed by atoms with Gasteiger partial charge in [-0.2, -0.15) is 9.78 Å². The lowest BCUT2D eigenvalue weighted by molar-refractivity contribution is -0.137. The van der Waals surface area contributed by atoms with Crippen LogP contribution in [-0.2, 0) is 17.9 Å². The summed E-state index contributed by atoms with van der Waals surface area (Å²) in [6.07, 6.45) is 1.21. The first-order valence-electron chi connectivity index (χ1n) is 10.3. The van der Waals surface area contributed by atoms with Crippen LogP contribution >= 0.6 is 34.5 Å². The maximum atomic E-state index is 13.4. The molecule has 4 rings (SSSR count). The minimum atomic E-state index is -1.22. The molecule has 3 aromatic heterocycles. The van der Waals surface area contributed by atoms with Gasteiger partial charge in [0, 0.05) is 28.3 Å². The summed E-state index contributed by atoms with van der Waals surface area (Å²) >= 11 is 13.5. The molecule has 36 heavy (non-hydrogen) atoms. The summed E-state index contributed by atoms with van der Waals surface area (Å²) in [5, 5.41) is 16.7. The van der Waals surface area contributed by atoms with Gasteiger partial charge in [-0.25, -0.2) is 0 Å². The van der Waals surface area contributed by atoms with Gasteiger partial charge in [-0.1, -0.05) is 29.3 Å². The number of carboxylic acid groups (broad SMARTS) is 1. The number of nitrogens with one attached hydrogen (secondary N) is 1. The van der Waals surface area contributed by atoms with E-state index in [9.17, 15) is 19.2 Å². The van der Waals surface area contributed by atoms with E-state index in [0.717, 1.165) is 14.1 Å². The van der Waals surface area contributed by atoms with Crippen LogP contribution in [0.5, 0.6) is 0 Å². The Hall–Kier alpha value is -3.93. The fraction of sp³-hybridized carbons (Fsp3) is 0.0870. The molecular weight excluding hydrogens is 529 g/mol. The highest BCUT2D eigenvalue weighted by Crippen LogP contribution is 2.26. The van der Waals surface area contributed by atoms with E-state index in [1.54, 1.807) is 6.07 Å². The first-order chi connectivity index (χ1) is 17.1. The highest BCUT2D eigenvalue weighted by molar-refractivity contribution is 7.16. The van der Waals surface area contributed by atoms with Crippen LogP contribution in [0.1, 0.15) is 25.6 Å². The Kier molecular flexibility index (Phi) is 7.25. The summed E-state index contributed by atoms with van der Waals surface area (Å²) in [5.74, 6) is -2.27. The minimum Gasteiger partial charge on any atom is -0.480 e. The van der Waals surface area contributed by atoms with Crippen molar-refractivity contribution in [1.82, 2.24) is 14.3 Å². The Morgan fingerprint density at radius 2 is 1.83 bits per heavy atom. The molecule has 0 bridgehead atoms. The highest BCUT2D eigenvalue weighted by atomic mass is 35.5. The number of anilines is 1. The van der Waals surface area contributed by atoms with Gasteiger partial charge < -0.3 is 20.7 Å². The summed E-state index contributed by atoms with van der Waals surface area (Å²) in [5.41, 5.74) is 5.06. The lowest BCUT2D eigenvalue weighted by atomic mass is 10.1. The summed E-state index contributed by atoms with van der Waals surface area (Å²) in [6, 6.07) is 12.2.